The van der Waals surface area contributed by atoms with Crippen molar-refractivity contribution < 1.29 is 36.3 Å². The zero-order valence-electron chi connectivity index (χ0n) is 21.2. The van der Waals surface area contributed by atoms with E-state index < -0.39 is 29.4 Å². The molecule has 1 saturated heterocycles. The van der Waals surface area contributed by atoms with E-state index in [1.54, 1.807) is 4.90 Å². The molecule has 0 saturated carbocycles. The van der Waals surface area contributed by atoms with E-state index in [1.165, 1.54) is 25.1 Å². The number of benzene rings is 2. The molecule has 0 spiro atoms. The number of aromatic nitrogens is 2. The quantitative estimate of drug-likeness (QED) is 0.352. The van der Waals surface area contributed by atoms with Crippen LogP contribution >= 0.6 is 0 Å². The van der Waals surface area contributed by atoms with E-state index in [4.69, 9.17) is 4.74 Å². The number of hydrogen-bond donors (Lipinski definition) is 2. The number of imidazole rings is 1. The maximum atomic E-state index is 13.4. The standard InChI is InChI=1S/C27H24F5N5O3/c1-17(38)37-8-6-36(7-9-37)10-11-40-23-4-3-19(26-33-16-24(35-26)27(30,31)32)14-22(23)34-25(39)5-2-18-12-20(28)15-21(29)13-18/h3-4,12-16H,6-11H2,1H3,(H,33,35)(H,34,39). The second-order valence-electron chi connectivity index (χ2n) is 8.91. The van der Waals surface area contributed by atoms with Gasteiger partial charge in [0, 0.05) is 62.8 Å². The van der Waals surface area contributed by atoms with Crippen LogP contribution in [0.1, 0.15) is 18.2 Å². The molecule has 40 heavy (non-hydrogen) atoms. The summed E-state index contributed by atoms with van der Waals surface area (Å²) < 4.78 is 71.8. The van der Waals surface area contributed by atoms with E-state index in [0.29, 0.717) is 45.0 Å². The number of carbonyl (C=O) groups is 2. The van der Waals surface area contributed by atoms with Crippen LogP contribution in [0.5, 0.6) is 5.75 Å². The fraction of sp³-hybridized carbons (Fsp3) is 0.296. The highest BCUT2D eigenvalue weighted by atomic mass is 19.4. The van der Waals surface area contributed by atoms with E-state index in [9.17, 15) is 31.5 Å². The summed E-state index contributed by atoms with van der Waals surface area (Å²) >= 11 is 0. The van der Waals surface area contributed by atoms with Crippen molar-refractivity contribution in [2.75, 3.05) is 44.6 Å². The van der Waals surface area contributed by atoms with Crippen LogP contribution in [0.2, 0.25) is 0 Å². The van der Waals surface area contributed by atoms with Crippen molar-refractivity contribution in [2.24, 2.45) is 0 Å². The molecule has 210 valence electrons. The average molecular weight is 562 g/mol. The molecule has 0 bridgehead atoms. The minimum Gasteiger partial charge on any atom is -0.490 e. The Morgan fingerprint density at radius 2 is 1.77 bits per heavy atom. The number of H-pyrrole nitrogens is 1. The maximum absolute atomic E-state index is 13.4. The lowest BCUT2D eigenvalue weighted by atomic mass is 10.1. The summed E-state index contributed by atoms with van der Waals surface area (Å²) in [6, 6.07) is 6.93. The van der Waals surface area contributed by atoms with E-state index in [1.807, 2.05) is 0 Å². The number of alkyl halides is 3. The normalized spacial score (nSPS) is 13.9. The number of nitrogens with zero attached hydrogens (tertiary/aromatic N) is 3. The Morgan fingerprint density at radius 3 is 2.40 bits per heavy atom. The van der Waals surface area contributed by atoms with Gasteiger partial charge in [0.15, 0.2) is 0 Å². The third-order valence-electron chi connectivity index (χ3n) is 6.05. The number of piperazine rings is 1. The number of halogens is 5. The number of anilines is 1. The largest absolute Gasteiger partial charge is 0.490 e. The molecule has 13 heteroatoms. The molecule has 1 fully saturated rings. The van der Waals surface area contributed by atoms with Crippen LogP contribution in [0, 0.1) is 23.5 Å². The van der Waals surface area contributed by atoms with Crippen molar-refractivity contribution in [3.8, 4) is 29.0 Å². The fourth-order valence-electron chi connectivity index (χ4n) is 3.99. The van der Waals surface area contributed by atoms with Crippen molar-refractivity contribution in [3.63, 3.8) is 0 Å². The maximum Gasteiger partial charge on any atom is 0.432 e. The van der Waals surface area contributed by atoms with E-state index in [-0.39, 0.29) is 40.9 Å². The summed E-state index contributed by atoms with van der Waals surface area (Å²) in [7, 11) is 0. The number of nitrogens with one attached hydrogen (secondary N) is 2. The third-order valence-corrected chi connectivity index (χ3v) is 6.05. The average Bonchev–Trinajstić information content (AvgIpc) is 3.39. The van der Waals surface area contributed by atoms with Crippen LogP contribution in [0.3, 0.4) is 0 Å². The lowest BCUT2D eigenvalue weighted by molar-refractivity contribution is -0.140. The van der Waals surface area contributed by atoms with Gasteiger partial charge in [-0.15, -0.1) is 0 Å². The summed E-state index contributed by atoms with van der Waals surface area (Å²) in [6.45, 7) is 4.80. The molecule has 0 aliphatic carbocycles. The third kappa shape index (κ3) is 7.57. The Balaban J connectivity index is 1.50. The Labute approximate surface area is 226 Å². The van der Waals surface area contributed by atoms with Crippen molar-refractivity contribution in [1.29, 1.82) is 0 Å². The SMILES string of the molecule is CC(=O)N1CCN(CCOc2ccc(-c3ncc(C(F)(F)F)[nH]3)cc2NC(=O)C#Cc2cc(F)cc(F)c2)CC1. The van der Waals surface area contributed by atoms with Crippen LogP contribution in [0.25, 0.3) is 11.4 Å². The monoisotopic (exact) mass is 561 g/mol. The minimum absolute atomic E-state index is 0.0147. The molecule has 8 nitrogen and oxygen atoms in total. The first-order valence-corrected chi connectivity index (χ1v) is 12.1. The number of hydrogen-bond acceptors (Lipinski definition) is 5. The number of carbonyl (C=O) groups excluding carboxylic acids is 2. The summed E-state index contributed by atoms with van der Waals surface area (Å²) in [5.74, 6) is 2.20. The van der Waals surface area contributed by atoms with Gasteiger partial charge in [-0.2, -0.15) is 13.2 Å². The van der Waals surface area contributed by atoms with Crippen LogP contribution in [0.15, 0.2) is 42.6 Å². The molecule has 2 aromatic carbocycles. The molecular weight excluding hydrogens is 537 g/mol. The second kappa shape index (κ2) is 12.2. The van der Waals surface area contributed by atoms with Gasteiger partial charge in [-0.25, -0.2) is 13.8 Å². The van der Waals surface area contributed by atoms with Crippen molar-refractivity contribution in [3.05, 3.63) is 65.5 Å². The molecule has 1 aliphatic rings. The van der Waals surface area contributed by atoms with Gasteiger partial charge in [0.2, 0.25) is 5.91 Å². The van der Waals surface area contributed by atoms with Crippen LogP contribution in [-0.2, 0) is 15.8 Å². The van der Waals surface area contributed by atoms with E-state index in [0.717, 1.165) is 12.1 Å². The summed E-state index contributed by atoms with van der Waals surface area (Å²) in [6.07, 6.45) is -3.96. The Hall–Kier alpha value is -4.44. The summed E-state index contributed by atoms with van der Waals surface area (Å²) in [4.78, 5) is 33.9. The fourth-order valence-corrected chi connectivity index (χ4v) is 3.99. The predicted octanol–water partition coefficient (Wildman–Crippen LogP) is 3.91. The number of rotatable bonds is 6. The lowest BCUT2D eigenvalue weighted by Gasteiger charge is -2.34. The van der Waals surface area contributed by atoms with Gasteiger partial charge in [0.1, 0.15) is 35.5 Å². The van der Waals surface area contributed by atoms with Crippen molar-refractivity contribution in [2.45, 2.75) is 13.1 Å². The van der Waals surface area contributed by atoms with Crippen LogP contribution in [0.4, 0.5) is 27.6 Å². The number of aromatic amines is 1. The molecular formula is C27H24F5N5O3. The highest BCUT2D eigenvalue weighted by Gasteiger charge is 2.33. The van der Waals surface area contributed by atoms with Crippen molar-refractivity contribution >= 4 is 17.5 Å². The molecule has 0 unspecified atom stereocenters. The highest BCUT2D eigenvalue weighted by molar-refractivity contribution is 6.05. The molecule has 1 aliphatic heterocycles. The predicted molar refractivity (Wildman–Crippen MR) is 135 cm³/mol. The highest BCUT2D eigenvalue weighted by Crippen LogP contribution is 2.33. The van der Waals surface area contributed by atoms with E-state index in [2.05, 4.69) is 32.0 Å². The first-order chi connectivity index (χ1) is 19.0. The first kappa shape index (κ1) is 28.6. The van der Waals surface area contributed by atoms with Gasteiger partial charge in [-0.05, 0) is 30.3 Å². The van der Waals surface area contributed by atoms with Gasteiger partial charge in [-0.1, -0.05) is 5.92 Å². The molecule has 0 radical (unpaired) electrons. The van der Waals surface area contributed by atoms with Gasteiger partial charge >= 0.3 is 12.1 Å². The Morgan fingerprint density at radius 1 is 1.07 bits per heavy atom. The van der Waals surface area contributed by atoms with Crippen molar-refractivity contribution in [1.82, 2.24) is 19.8 Å². The molecule has 2 N–H and O–H groups in total. The molecule has 4 rings (SSSR count). The summed E-state index contributed by atoms with van der Waals surface area (Å²) in [5.41, 5.74) is -0.753. The second-order valence-corrected chi connectivity index (χ2v) is 8.91. The van der Waals surface area contributed by atoms with Gasteiger partial charge in [0.05, 0.1) is 11.9 Å². The van der Waals surface area contributed by atoms with Crippen LogP contribution in [-0.4, -0.2) is 70.9 Å². The van der Waals surface area contributed by atoms with Crippen LogP contribution < -0.4 is 10.1 Å². The zero-order chi connectivity index (χ0) is 28.9. The smallest absolute Gasteiger partial charge is 0.432 e. The number of ether oxygens (including phenoxy) is 1. The molecule has 0 atom stereocenters. The molecule has 1 aromatic heterocycles. The first-order valence-electron chi connectivity index (χ1n) is 12.1. The zero-order valence-corrected chi connectivity index (χ0v) is 21.2. The Bertz CT molecular complexity index is 1430. The summed E-state index contributed by atoms with van der Waals surface area (Å²) in [5, 5.41) is 2.52. The van der Waals surface area contributed by atoms with Gasteiger partial charge < -0.3 is 19.9 Å². The van der Waals surface area contributed by atoms with E-state index >= 15 is 0 Å². The van der Waals surface area contributed by atoms with Gasteiger partial charge in [0.25, 0.3) is 0 Å². The molecule has 2 heterocycles. The minimum atomic E-state index is -4.62. The number of amides is 2. The lowest BCUT2D eigenvalue weighted by Crippen LogP contribution is -2.48. The molecule has 2 amide bonds. The Kier molecular flexibility index (Phi) is 8.69. The topological polar surface area (TPSA) is 90.6 Å². The van der Waals surface area contributed by atoms with Gasteiger partial charge in [-0.3, -0.25) is 14.5 Å². The molecule has 3 aromatic rings.